The number of carbonyl (C=O) groups excluding carboxylic acids is 1. The van der Waals surface area contributed by atoms with E-state index in [1.807, 2.05) is 66.7 Å². The van der Waals surface area contributed by atoms with Gasteiger partial charge in [-0.2, -0.15) is 5.26 Å². The molecule has 1 amide bonds. The van der Waals surface area contributed by atoms with E-state index >= 15 is 0 Å². The van der Waals surface area contributed by atoms with Crippen LogP contribution in [-0.4, -0.2) is 17.5 Å². The maximum Gasteiger partial charge on any atom is 0.416 e. The normalized spacial score (nSPS) is 11.2. The minimum absolute atomic E-state index is 0.378. The lowest BCUT2D eigenvalue weighted by Gasteiger charge is -2.27. The lowest BCUT2D eigenvalue weighted by atomic mass is 10.1. The predicted molar refractivity (Wildman–Crippen MR) is 104 cm³/mol. The first-order valence-electron chi connectivity index (χ1n) is 8.80. The molecule has 0 saturated carbocycles. The summed E-state index contributed by atoms with van der Waals surface area (Å²) in [6, 6.07) is 29.6. The van der Waals surface area contributed by atoms with E-state index in [1.165, 1.54) is 4.90 Å². The first-order valence-corrected chi connectivity index (χ1v) is 8.80. The molecule has 134 valence electrons. The van der Waals surface area contributed by atoms with Crippen molar-refractivity contribution in [2.75, 3.05) is 6.54 Å². The van der Waals surface area contributed by atoms with Gasteiger partial charge in [-0.15, -0.1) is 0 Å². The molecule has 3 aromatic rings. The molecule has 0 spiro atoms. The van der Waals surface area contributed by atoms with Crippen LogP contribution in [0, 0.1) is 11.3 Å². The average molecular weight is 356 g/mol. The SMILES string of the molecule is N#C[C@H](c1ccccc1)N(CCc1ccccc1)C(=O)Oc1ccccc1. The predicted octanol–water partition coefficient (Wildman–Crippen LogP) is 4.99. The van der Waals surface area contributed by atoms with Gasteiger partial charge in [-0.25, -0.2) is 4.79 Å². The lowest BCUT2D eigenvalue weighted by molar-refractivity contribution is 0.142. The second-order valence-electron chi connectivity index (χ2n) is 6.05. The third-order valence-corrected chi connectivity index (χ3v) is 4.22. The fraction of sp³-hybridized carbons (Fsp3) is 0.130. The van der Waals surface area contributed by atoms with Gasteiger partial charge in [0, 0.05) is 6.54 Å². The summed E-state index contributed by atoms with van der Waals surface area (Å²) in [5.74, 6) is 0.456. The van der Waals surface area contributed by atoms with E-state index < -0.39 is 12.1 Å². The van der Waals surface area contributed by atoms with E-state index in [0.717, 1.165) is 11.1 Å². The smallest absolute Gasteiger partial charge is 0.410 e. The summed E-state index contributed by atoms with van der Waals surface area (Å²) in [4.78, 5) is 14.3. The molecule has 0 heterocycles. The summed E-state index contributed by atoms with van der Waals surface area (Å²) in [5.41, 5.74) is 1.86. The van der Waals surface area contributed by atoms with Gasteiger partial charge in [0.05, 0.1) is 6.07 Å². The summed E-state index contributed by atoms with van der Waals surface area (Å²) >= 11 is 0. The van der Waals surface area contributed by atoms with Crippen LogP contribution in [0.3, 0.4) is 0 Å². The van der Waals surface area contributed by atoms with Crippen molar-refractivity contribution in [2.24, 2.45) is 0 Å². The Morgan fingerprint density at radius 3 is 2.04 bits per heavy atom. The summed E-state index contributed by atoms with van der Waals surface area (Å²) in [6.45, 7) is 0.378. The largest absolute Gasteiger partial charge is 0.416 e. The summed E-state index contributed by atoms with van der Waals surface area (Å²) in [7, 11) is 0. The van der Waals surface area contributed by atoms with Gasteiger partial charge in [0.1, 0.15) is 11.8 Å². The van der Waals surface area contributed by atoms with Crippen LogP contribution in [0.4, 0.5) is 4.79 Å². The van der Waals surface area contributed by atoms with Crippen molar-refractivity contribution in [1.29, 1.82) is 5.26 Å². The molecule has 3 aromatic carbocycles. The topological polar surface area (TPSA) is 53.3 Å². The molecule has 3 rings (SSSR count). The average Bonchev–Trinajstić information content (AvgIpc) is 2.73. The Morgan fingerprint density at radius 1 is 0.889 bits per heavy atom. The molecule has 0 aromatic heterocycles. The van der Waals surface area contributed by atoms with Crippen molar-refractivity contribution in [2.45, 2.75) is 12.5 Å². The highest BCUT2D eigenvalue weighted by molar-refractivity contribution is 5.72. The molecule has 1 atom stereocenters. The Hall–Kier alpha value is -3.58. The van der Waals surface area contributed by atoms with Crippen LogP contribution in [-0.2, 0) is 6.42 Å². The maximum atomic E-state index is 12.9. The van der Waals surface area contributed by atoms with Crippen LogP contribution in [0.15, 0.2) is 91.0 Å². The van der Waals surface area contributed by atoms with Crippen molar-refractivity contribution in [3.63, 3.8) is 0 Å². The molecule has 27 heavy (non-hydrogen) atoms. The fourth-order valence-electron chi connectivity index (χ4n) is 2.83. The molecular formula is C23H20N2O2. The first-order chi connectivity index (χ1) is 13.3. The molecule has 0 saturated heterocycles. The molecule has 0 aliphatic carbocycles. The number of hydrogen-bond acceptors (Lipinski definition) is 3. The van der Waals surface area contributed by atoms with E-state index in [1.54, 1.807) is 24.3 Å². The third kappa shape index (κ3) is 4.96. The molecule has 0 N–H and O–H groups in total. The summed E-state index contributed by atoms with van der Waals surface area (Å²) < 4.78 is 5.51. The zero-order valence-corrected chi connectivity index (χ0v) is 14.9. The molecule has 0 radical (unpaired) electrons. The zero-order valence-electron chi connectivity index (χ0n) is 14.9. The van der Waals surface area contributed by atoms with Gasteiger partial charge in [-0.1, -0.05) is 78.9 Å². The fourth-order valence-corrected chi connectivity index (χ4v) is 2.83. The third-order valence-electron chi connectivity index (χ3n) is 4.22. The highest BCUT2D eigenvalue weighted by atomic mass is 16.6. The number of nitrogens with zero attached hydrogens (tertiary/aromatic N) is 2. The highest BCUT2D eigenvalue weighted by Crippen LogP contribution is 2.22. The number of benzene rings is 3. The van der Waals surface area contributed by atoms with Gasteiger partial charge < -0.3 is 4.74 Å². The standard InChI is InChI=1S/C23H20N2O2/c24-18-22(20-12-6-2-7-13-20)25(17-16-19-10-4-1-5-11-19)23(26)27-21-14-8-3-9-15-21/h1-15,22H,16-17H2/t22-/m1/s1. The van der Waals surface area contributed by atoms with E-state index in [2.05, 4.69) is 6.07 Å². The number of nitriles is 1. The van der Waals surface area contributed by atoms with Gasteiger partial charge in [0.25, 0.3) is 0 Å². The number of para-hydroxylation sites is 1. The van der Waals surface area contributed by atoms with Crippen molar-refractivity contribution in [1.82, 2.24) is 4.90 Å². The van der Waals surface area contributed by atoms with Crippen molar-refractivity contribution >= 4 is 6.09 Å². The molecule has 0 fully saturated rings. The molecule has 4 heteroatoms. The molecule has 0 aliphatic heterocycles. The van der Waals surface area contributed by atoms with Gasteiger partial charge in [0.2, 0.25) is 0 Å². The Bertz CT molecular complexity index is 890. The van der Waals surface area contributed by atoms with Crippen LogP contribution in [0.25, 0.3) is 0 Å². The van der Waals surface area contributed by atoms with Gasteiger partial charge in [0.15, 0.2) is 0 Å². The van der Waals surface area contributed by atoms with Gasteiger partial charge in [-0.05, 0) is 29.7 Å². The monoisotopic (exact) mass is 356 g/mol. The molecule has 0 bridgehead atoms. The maximum absolute atomic E-state index is 12.9. The van der Waals surface area contributed by atoms with E-state index in [4.69, 9.17) is 4.74 Å². The Labute approximate surface area is 159 Å². The molecule has 4 nitrogen and oxygen atoms in total. The minimum atomic E-state index is -0.717. The van der Waals surface area contributed by atoms with Gasteiger partial charge in [-0.3, -0.25) is 4.90 Å². The first kappa shape index (κ1) is 18.2. The van der Waals surface area contributed by atoms with Gasteiger partial charge >= 0.3 is 6.09 Å². The van der Waals surface area contributed by atoms with Crippen LogP contribution in [0.2, 0.25) is 0 Å². The summed E-state index contributed by atoms with van der Waals surface area (Å²) in [6.07, 6.45) is 0.1000. The van der Waals surface area contributed by atoms with Crippen LogP contribution in [0.5, 0.6) is 5.75 Å². The Morgan fingerprint density at radius 2 is 1.44 bits per heavy atom. The Balaban J connectivity index is 1.83. The van der Waals surface area contributed by atoms with Crippen molar-refractivity contribution < 1.29 is 9.53 Å². The van der Waals surface area contributed by atoms with Crippen LogP contribution >= 0.6 is 0 Å². The second kappa shape index (κ2) is 9.21. The quantitative estimate of drug-likeness (QED) is 0.625. The molecule has 0 aliphatic rings. The summed E-state index contributed by atoms with van der Waals surface area (Å²) in [5, 5.41) is 9.76. The van der Waals surface area contributed by atoms with Crippen molar-refractivity contribution in [3.8, 4) is 11.8 Å². The van der Waals surface area contributed by atoms with Crippen molar-refractivity contribution in [3.05, 3.63) is 102 Å². The second-order valence-corrected chi connectivity index (χ2v) is 6.05. The molecule has 0 unspecified atom stereocenters. The van der Waals surface area contributed by atoms with E-state index in [9.17, 15) is 10.1 Å². The number of hydrogen-bond donors (Lipinski definition) is 0. The zero-order chi connectivity index (χ0) is 18.9. The lowest BCUT2D eigenvalue weighted by Crippen LogP contribution is -2.38. The number of carbonyl (C=O) groups is 1. The highest BCUT2D eigenvalue weighted by Gasteiger charge is 2.26. The minimum Gasteiger partial charge on any atom is -0.410 e. The van der Waals surface area contributed by atoms with Crippen LogP contribution in [0.1, 0.15) is 17.2 Å². The Kier molecular flexibility index (Phi) is 6.21. The number of amides is 1. The van der Waals surface area contributed by atoms with E-state index in [-0.39, 0.29) is 0 Å². The number of rotatable bonds is 6. The van der Waals surface area contributed by atoms with E-state index in [0.29, 0.717) is 18.7 Å². The van der Waals surface area contributed by atoms with Crippen LogP contribution < -0.4 is 4.74 Å². The number of ether oxygens (including phenoxy) is 1. The molecular weight excluding hydrogens is 336 g/mol.